The molecule has 1 aromatic carbocycles. The first-order chi connectivity index (χ1) is 7.18. The molecule has 0 spiro atoms. The molecule has 0 fully saturated rings. The Morgan fingerprint density at radius 1 is 1.33 bits per heavy atom. The summed E-state index contributed by atoms with van der Waals surface area (Å²) >= 11 is 0. The predicted octanol–water partition coefficient (Wildman–Crippen LogP) is 1.83. The van der Waals surface area contributed by atoms with E-state index in [-0.39, 0.29) is 0 Å². The van der Waals surface area contributed by atoms with Gasteiger partial charge in [-0.05, 0) is 19.9 Å². The molecule has 4 nitrogen and oxygen atoms in total. The Hall–Kier alpha value is -1.68. The van der Waals surface area contributed by atoms with Crippen molar-refractivity contribution in [2.24, 2.45) is 0 Å². The van der Waals surface area contributed by atoms with E-state index in [1.54, 1.807) is 6.92 Å². The van der Waals surface area contributed by atoms with Gasteiger partial charge in [0.25, 0.3) is 0 Å². The Morgan fingerprint density at radius 3 is 2.80 bits per heavy atom. The van der Waals surface area contributed by atoms with Crippen LogP contribution in [0.25, 0.3) is 11.3 Å². The lowest BCUT2D eigenvalue weighted by Crippen LogP contribution is -1.94. The van der Waals surface area contributed by atoms with Crippen molar-refractivity contribution in [2.75, 3.05) is 0 Å². The SMILES string of the molecule is Cc1cccc(-c2n[nH]nc2C(C)O)c1. The Morgan fingerprint density at radius 2 is 2.13 bits per heavy atom. The van der Waals surface area contributed by atoms with Crippen LogP contribution < -0.4 is 0 Å². The van der Waals surface area contributed by atoms with Crippen LogP contribution in [0, 0.1) is 6.92 Å². The summed E-state index contributed by atoms with van der Waals surface area (Å²) in [6, 6.07) is 7.96. The van der Waals surface area contributed by atoms with Crippen molar-refractivity contribution in [1.82, 2.24) is 15.4 Å². The van der Waals surface area contributed by atoms with E-state index in [0.29, 0.717) is 11.4 Å². The van der Waals surface area contributed by atoms with Crippen molar-refractivity contribution in [3.05, 3.63) is 35.5 Å². The average molecular weight is 203 g/mol. The molecule has 0 bridgehead atoms. The predicted molar refractivity (Wildman–Crippen MR) is 57.2 cm³/mol. The van der Waals surface area contributed by atoms with Crippen LogP contribution in [-0.4, -0.2) is 20.5 Å². The molecule has 2 rings (SSSR count). The Bertz CT molecular complexity index is 462. The first kappa shape index (κ1) is 9.86. The molecule has 1 atom stereocenters. The molecule has 1 unspecified atom stereocenters. The number of aromatic nitrogens is 3. The second kappa shape index (κ2) is 3.82. The molecule has 1 aromatic heterocycles. The van der Waals surface area contributed by atoms with E-state index in [2.05, 4.69) is 15.4 Å². The number of hydrogen-bond donors (Lipinski definition) is 2. The molecule has 78 valence electrons. The van der Waals surface area contributed by atoms with E-state index in [4.69, 9.17) is 0 Å². The van der Waals surface area contributed by atoms with E-state index in [0.717, 1.165) is 11.1 Å². The van der Waals surface area contributed by atoms with Crippen molar-refractivity contribution in [3.8, 4) is 11.3 Å². The molecule has 0 aliphatic carbocycles. The summed E-state index contributed by atoms with van der Waals surface area (Å²) in [7, 11) is 0. The number of aromatic amines is 1. The lowest BCUT2D eigenvalue weighted by Gasteiger charge is -2.03. The lowest BCUT2D eigenvalue weighted by molar-refractivity contribution is 0.195. The number of aryl methyl sites for hydroxylation is 1. The van der Waals surface area contributed by atoms with E-state index in [1.165, 1.54) is 0 Å². The van der Waals surface area contributed by atoms with Gasteiger partial charge in [0, 0.05) is 5.56 Å². The van der Waals surface area contributed by atoms with Crippen molar-refractivity contribution >= 4 is 0 Å². The van der Waals surface area contributed by atoms with Crippen molar-refractivity contribution in [2.45, 2.75) is 20.0 Å². The number of hydrogen-bond acceptors (Lipinski definition) is 3. The van der Waals surface area contributed by atoms with Crippen molar-refractivity contribution < 1.29 is 5.11 Å². The fraction of sp³-hybridized carbons (Fsp3) is 0.273. The van der Waals surface area contributed by atoms with Gasteiger partial charge in [0.05, 0.1) is 6.10 Å². The largest absolute Gasteiger partial charge is 0.387 e. The van der Waals surface area contributed by atoms with E-state index < -0.39 is 6.10 Å². The molecule has 2 N–H and O–H groups in total. The number of aliphatic hydroxyl groups excluding tert-OH is 1. The van der Waals surface area contributed by atoms with Crippen LogP contribution in [0.1, 0.15) is 24.3 Å². The molecule has 4 heteroatoms. The molecule has 0 aliphatic rings. The highest BCUT2D eigenvalue weighted by Gasteiger charge is 2.14. The molecular formula is C11H13N3O. The minimum atomic E-state index is -0.612. The number of rotatable bonds is 2. The van der Waals surface area contributed by atoms with Crippen LogP contribution in [0.2, 0.25) is 0 Å². The molecule has 2 aromatic rings. The average Bonchev–Trinajstić information content (AvgIpc) is 2.65. The van der Waals surface area contributed by atoms with Crippen LogP contribution in [-0.2, 0) is 0 Å². The highest BCUT2D eigenvalue weighted by molar-refractivity contribution is 5.62. The summed E-state index contributed by atoms with van der Waals surface area (Å²) in [5.41, 5.74) is 3.43. The second-order valence-corrected chi connectivity index (χ2v) is 3.60. The van der Waals surface area contributed by atoms with Gasteiger partial charge in [0.2, 0.25) is 0 Å². The summed E-state index contributed by atoms with van der Waals surface area (Å²) in [5.74, 6) is 0. The van der Waals surface area contributed by atoms with Gasteiger partial charge in [-0.15, -0.1) is 0 Å². The third kappa shape index (κ3) is 1.89. The lowest BCUT2D eigenvalue weighted by atomic mass is 10.1. The third-order valence-corrected chi connectivity index (χ3v) is 2.26. The third-order valence-electron chi connectivity index (χ3n) is 2.26. The maximum Gasteiger partial charge on any atom is 0.119 e. The van der Waals surface area contributed by atoms with E-state index >= 15 is 0 Å². The standard InChI is InChI=1S/C11H13N3O/c1-7-4-3-5-9(6-7)11-10(8(2)15)12-14-13-11/h3-6,8,15H,1-2H3,(H,12,13,14). The first-order valence-corrected chi connectivity index (χ1v) is 4.84. The molecule has 15 heavy (non-hydrogen) atoms. The normalized spacial score (nSPS) is 12.7. The number of benzene rings is 1. The zero-order chi connectivity index (χ0) is 10.8. The van der Waals surface area contributed by atoms with Gasteiger partial charge in [0.15, 0.2) is 0 Å². The Balaban J connectivity index is 2.49. The molecule has 0 amide bonds. The summed E-state index contributed by atoms with van der Waals surface area (Å²) in [6.45, 7) is 3.70. The number of aliphatic hydroxyl groups is 1. The number of nitrogens with zero attached hydrogens (tertiary/aromatic N) is 2. The van der Waals surface area contributed by atoms with Gasteiger partial charge < -0.3 is 5.11 Å². The van der Waals surface area contributed by atoms with Crippen LogP contribution >= 0.6 is 0 Å². The first-order valence-electron chi connectivity index (χ1n) is 4.84. The highest BCUT2D eigenvalue weighted by Crippen LogP contribution is 2.24. The summed E-state index contributed by atoms with van der Waals surface area (Å²) in [4.78, 5) is 0. The van der Waals surface area contributed by atoms with Crippen LogP contribution in [0.15, 0.2) is 24.3 Å². The van der Waals surface area contributed by atoms with Gasteiger partial charge in [-0.25, -0.2) is 0 Å². The molecule has 0 saturated heterocycles. The van der Waals surface area contributed by atoms with Gasteiger partial charge in [-0.1, -0.05) is 23.8 Å². The zero-order valence-corrected chi connectivity index (χ0v) is 8.73. The van der Waals surface area contributed by atoms with E-state index in [1.807, 2.05) is 31.2 Å². The maximum absolute atomic E-state index is 9.50. The quantitative estimate of drug-likeness (QED) is 0.782. The van der Waals surface area contributed by atoms with Crippen molar-refractivity contribution in [3.63, 3.8) is 0 Å². The number of nitrogens with one attached hydrogen (secondary N) is 1. The van der Waals surface area contributed by atoms with Gasteiger partial charge >= 0.3 is 0 Å². The summed E-state index contributed by atoms with van der Waals surface area (Å²) in [6.07, 6.45) is -0.612. The van der Waals surface area contributed by atoms with Gasteiger partial charge in [0.1, 0.15) is 11.4 Å². The molecule has 1 heterocycles. The van der Waals surface area contributed by atoms with Crippen LogP contribution in [0.5, 0.6) is 0 Å². The zero-order valence-electron chi connectivity index (χ0n) is 8.73. The maximum atomic E-state index is 9.50. The fourth-order valence-corrected chi connectivity index (χ4v) is 1.54. The van der Waals surface area contributed by atoms with Gasteiger partial charge in [-0.2, -0.15) is 15.4 Å². The van der Waals surface area contributed by atoms with Gasteiger partial charge in [-0.3, -0.25) is 0 Å². The monoisotopic (exact) mass is 203 g/mol. The molecule has 0 radical (unpaired) electrons. The minimum absolute atomic E-state index is 0.584. The van der Waals surface area contributed by atoms with Crippen LogP contribution in [0.3, 0.4) is 0 Å². The van der Waals surface area contributed by atoms with E-state index in [9.17, 15) is 5.11 Å². The smallest absolute Gasteiger partial charge is 0.119 e. The van der Waals surface area contributed by atoms with Crippen molar-refractivity contribution in [1.29, 1.82) is 0 Å². The summed E-state index contributed by atoms with van der Waals surface area (Å²) in [5, 5.41) is 20.0. The molecular weight excluding hydrogens is 190 g/mol. The summed E-state index contributed by atoms with van der Waals surface area (Å²) < 4.78 is 0. The highest BCUT2D eigenvalue weighted by atomic mass is 16.3. The Labute approximate surface area is 88.0 Å². The number of H-pyrrole nitrogens is 1. The molecule has 0 saturated carbocycles. The molecule has 0 aliphatic heterocycles. The van der Waals surface area contributed by atoms with Crippen LogP contribution in [0.4, 0.5) is 0 Å². The topological polar surface area (TPSA) is 61.8 Å². The Kier molecular flexibility index (Phi) is 2.51. The second-order valence-electron chi connectivity index (χ2n) is 3.60. The fourth-order valence-electron chi connectivity index (χ4n) is 1.54. The minimum Gasteiger partial charge on any atom is -0.387 e.